The van der Waals surface area contributed by atoms with Gasteiger partial charge in [-0.15, -0.1) is 0 Å². The van der Waals surface area contributed by atoms with E-state index >= 15 is 0 Å². The summed E-state index contributed by atoms with van der Waals surface area (Å²) in [6.07, 6.45) is 10.1. The van der Waals surface area contributed by atoms with E-state index in [0.717, 1.165) is 25.1 Å². The van der Waals surface area contributed by atoms with Crippen LogP contribution in [0.15, 0.2) is 72.5 Å². The van der Waals surface area contributed by atoms with Crippen molar-refractivity contribution in [3.8, 4) is 5.75 Å². The molecule has 0 bridgehead atoms. The van der Waals surface area contributed by atoms with E-state index in [0.29, 0.717) is 0 Å². The van der Waals surface area contributed by atoms with Crippen LogP contribution in [0, 0.1) is 0 Å². The van der Waals surface area contributed by atoms with E-state index in [1.165, 1.54) is 28.9 Å². The number of fused-ring (bicyclic) bond motifs is 1. The summed E-state index contributed by atoms with van der Waals surface area (Å²) in [7, 11) is 1.74. The van der Waals surface area contributed by atoms with Crippen molar-refractivity contribution in [1.82, 2.24) is 0 Å². The topological polar surface area (TPSA) is 12.5 Å². The summed E-state index contributed by atoms with van der Waals surface area (Å²) in [5, 5.41) is 0. The summed E-state index contributed by atoms with van der Waals surface area (Å²) in [5.74, 6) is 0.923. The number of unbranched alkanes of at least 4 members (excludes halogenated alkanes) is 1. The molecule has 142 valence electrons. The molecule has 0 radical (unpaired) electrons. The van der Waals surface area contributed by atoms with Crippen molar-refractivity contribution in [3.63, 3.8) is 0 Å². The third-order valence-electron chi connectivity index (χ3n) is 5.51. The summed E-state index contributed by atoms with van der Waals surface area (Å²) in [5.41, 5.74) is 5.28. The lowest BCUT2D eigenvalue weighted by molar-refractivity contribution is 0.413. The molecule has 2 aromatic carbocycles. The number of hydrogen-bond donors (Lipinski definition) is 0. The first-order valence-corrected chi connectivity index (χ1v) is 10.0. The minimum atomic E-state index is -0.0855. The number of methoxy groups -OCH3 is 1. The van der Waals surface area contributed by atoms with Crippen LogP contribution in [-0.2, 0) is 11.8 Å². The largest absolute Gasteiger partial charge is 0.497 e. The monoisotopic (exact) mass is 361 g/mol. The molecule has 1 aliphatic heterocycles. The van der Waals surface area contributed by atoms with Crippen molar-refractivity contribution in [1.29, 1.82) is 0 Å². The molecule has 0 spiro atoms. The van der Waals surface area contributed by atoms with Gasteiger partial charge >= 0.3 is 0 Å². The molecule has 0 saturated carbocycles. The fraction of sp³-hybridized carbons (Fsp3) is 0.360. The van der Waals surface area contributed by atoms with Gasteiger partial charge in [0.15, 0.2) is 0 Å². The van der Waals surface area contributed by atoms with E-state index in [1.54, 1.807) is 7.11 Å². The molecule has 0 fully saturated rings. The molecule has 1 unspecified atom stereocenters. The molecule has 0 saturated heterocycles. The van der Waals surface area contributed by atoms with Gasteiger partial charge in [0.2, 0.25) is 0 Å². The van der Waals surface area contributed by atoms with Gasteiger partial charge in [-0.25, -0.2) is 0 Å². The van der Waals surface area contributed by atoms with Gasteiger partial charge in [-0.1, -0.05) is 55.8 Å². The van der Waals surface area contributed by atoms with Crippen LogP contribution in [-0.4, -0.2) is 13.7 Å². The zero-order chi connectivity index (χ0) is 19.3. The van der Waals surface area contributed by atoms with E-state index in [9.17, 15) is 0 Å². The number of hydrogen-bond acceptors (Lipinski definition) is 2. The lowest BCUT2D eigenvalue weighted by Crippen LogP contribution is -2.30. The standard InChI is InChI=1S/C25H31NO/c1-5-7-8-12-15-24-25(3,19-20-13-10-9-11-14-20)22-18-21(27-4)16-17-23(22)26(24)6-2/h8-18H,5-7,19H2,1-4H3/b12-8-,24-15-. The number of nitrogens with zero attached hydrogens (tertiary/aromatic N) is 1. The molecule has 2 heteroatoms. The number of ether oxygens (including phenoxy) is 1. The average Bonchev–Trinajstić information content (AvgIpc) is 2.93. The lowest BCUT2D eigenvalue weighted by Gasteiger charge is -2.30. The molecule has 0 aromatic heterocycles. The molecule has 0 aliphatic carbocycles. The van der Waals surface area contributed by atoms with Crippen LogP contribution in [0.25, 0.3) is 0 Å². The highest BCUT2D eigenvalue weighted by molar-refractivity contribution is 5.72. The van der Waals surface area contributed by atoms with Crippen LogP contribution < -0.4 is 9.64 Å². The van der Waals surface area contributed by atoms with Crippen molar-refractivity contribution >= 4 is 5.69 Å². The highest BCUT2D eigenvalue weighted by Crippen LogP contribution is 2.50. The van der Waals surface area contributed by atoms with Gasteiger partial charge in [0, 0.05) is 23.3 Å². The van der Waals surface area contributed by atoms with Gasteiger partial charge < -0.3 is 9.64 Å². The molecule has 2 aromatic rings. The highest BCUT2D eigenvalue weighted by atomic mass is 16.5. The molecule has 0 amide bonds. The Bertz CT molecular complexity index is 821. The summed E-state index contributed by atoms with van der Waals surface area (Å²) < 4.78 is 5.55. The predicted molar refractivity (Wildman–Crippen MR) is 116 cm³/mol. The maximum atomic E-state index is 5.55. The smallest absolute Gasteiger partial charge is 0.119 e. The Balaban J connectivity index is 2.11. The Morgan fingerprint density at radius 2 is 1.85 bits per heavy atom. The van der Waals surface area contributed by atoms with Crippen LogP contribution >= 0.6 is 0 Å². The SMILES string of the molecule is CCC/C=C\C=C1/N(CC)c2ccc(OC)cc2C1(C)Cc1ccccc1. The van der Waals surface area contributed by atoms with Crippen LogP contribution in [0.5, 0.6) is 5.75 Å². The van der Waals surface area contributed by atoms with Crippen molar-refractivity contribution in [2.75, 3.05) is 18.6 Å². The predicted octanol–water partition coefficient (Wildman–Crippen LogP) is 6.28. The van der Waals surface area contributed by atoms with E-state index < -0.39 is 0 Å². The minimum Gasteiger partial charge on any atom is -0.497 e. The summed E-state index contributed by atoms with van der Waals surface area (Å²) >= 11 is 0. The van der Waals surface area contributed by atoms with Gasteiger partial charge in [-0.3, -0.25) is 0 Å². The summed E-state index contributed by atoms with van der Waals surface area (Å²) in [4.78, 5) is 2.45. The first-order chi connectivity index (χ1) is 13.1. The minimum absolute atomic E-state index is 0.0855. The molecule has 1 atom stereocenters. The van der Waals surface area contributed by atoms with E-state index in [2.05, 4.69) is 92.4 Å². The maximum absolute atomic E-state index is 5.55. The number of benzene rings is 2. The molecule has 1 heterocycles. The van der Waals surface area contributed by atoms with Gasteiger partial charge in [0.1, 0.15) is 5.75 Å². The molecular formula is C25H31NO. The molecule has 27 heavy (non-hydrogen) atoms. The van der Waals surface area contributed by atoms with Crippen molar-refractivity contribution in [3.05, 3.63) is 83.6 Å². The Morgan fingerprint density at radius 1 is 1.07 bits per heavy atom. The number of allylic oxidation sites excluding steroid dienone is 4. The Kier molecular flexibility index (Phi) is 6.05. The third kappa shape index (κ3) is 3.80. The fourth-order valence-corrected chi connectivity index (χ4v) is 4.11. The second-order valence-corrected chi connectivity index (χ2v) is 7.39. The van der Waals surface area contributed by atoms with E-state index in [-0.39, 0.29) is 5.41 Å². The Hall–Kier alpha value is -2.48. The Morgan fingerprint density at radius 3 is 2.52 bits per heavy atom. The zero-order valence-electron chi connectivity index (χ0n) is 17.0. The second-order valence-electron chi connectivity index (χ2n) is 7.39. The van der Waals surface area contributed by atoms with Gasteiger partial charge in [0.05, 0.1) is 7.11 Å². The number of rotatable bonds is 7. The number of likely N-dealkylation sites (N-methyl/N-ethyl adjacent to an activating group) is 1. The van der Waals surface area contributed by atoms with Gasteiger partial charge in [-0.2, -0.15) is 0 Å². The number of anilines is 1. The molecule has 2 nitrogen and oxygen atoms in total. The molecule has 0 N–H and O–H groups in total. The molecule has 3 rings (SSSR count). The highest BCUT2D eigenvalue weighted by Gasteiger charge is 2.43. The molecular weight excluding hydrogens is 330 g/mol. The summed E-state index contributed by atoms with van der Waals surface area (Å²) in [6, 6.07) is 17.3. The first kappa shape index (κ1) is 19.3. The maximum Gasteiger partial charge on any atom is 0.119 e. The van der Waals surface area contributed by atoms with E-state index in [1.807, 2.05) is 0 Å². The zero-order valence-corrected chi connectivity index (χ0v) is 17.0. The van der Waals surface area contributed by atoms with Crippen LogP contribution in [0.2, 0.25) is 0 Å². The quantitative estimate of drug-likeness (QED) is 0.576. The third-order valence-corrected chi connectivity index (χ3v) is 5.51. The van der Waals surface area contributed by atoms with Gasteiger partial charge in [0.25, 0.3) is 0 Å². The van der Waals surface area contributed by atoms with Crippen LogP contribution in [0.4, 0.5) is 5.69 Å². The van der Waals surface area contributed by atoms with Crippen LogP contribution in [0.3, 0.4) is 0 Å². The van der Waals surface area contributed by atoms with Crippen molar-refractivity contribution in [2.24, 2.45) is 0 Å². The van der Waals surface area contributed by atoms with Gasteiger partial charge in [-0.05, 0) is 62.1 Å². The normalized spacial score (nSPS) is 20.4. The lowest BCUT2D eigenvalue weighted by atomic mass is 9.76. The average molecular weight is 362 g/mol. The molecule has 1 aliphatic rings. The Labute approximate surface area is 164 Å². The second kappa shape index (κ2) is 8.47. The fourth-order valence-electron chi connectivity index (χ4n) is 4.11. The van der Waals surface area contributed by atoms with E-state index in [4.69, 9.17) is 4.74 Å². The van der Waals surface area contributed by atoms with Crippen LogP contribution in [0.1, 0.15) is 44.7 Å². The van der Waals surface area contributed by atoms with Crippen molar-refractivity contribution < 1.29 is 4.74 Å². The summed E-state index contributed by atoms with van der Waals surface area (Å²) in [6.45, 7) is 7.77. The first-order valence-electron chi connectivity index (χ1n) is 10.0. The van der Waals surface area contributed by atoms with Crippen molar-refractivity contribution in [2.45, 2.75) is 45.4 Å².